The zero-order valence-corrected chi connectivity index (χ0v) is 8.81. The summed E-state index contributed by atoms with van der Waals surface area (Å²) in [5.74, 6) is -0.187. The molecule has 0 aliphatic heterocycles. The summed E-state index contributed by atoms with van der Waals surface area (Å²) in [6.07, 6.45) is 2.58. The molecular formula is C14H8O3. The lowest BCUT2D eigenvalue weighted by molar-refractivity contribution is 0.0995. The number of hydrogen-bond donors (Lipinski definition) is 1. The van der Waals surface area contributed by atoms with Crippen LogP contribution in [0.2, 0.25) is 0 Å². The lowest BCUT2D eigenvalue weighted by Gasteiger charge is -2.12. The molecule has 3 rings (SSSR count). The van der Waals surface area contributed by atoms with Gasteiger partial charge in [0.25, 0.3) is 0 Å². The van der Waals surface area contributed by atoms with E-state index < -0.39 is 0 Å². The first kappa shape index (κ1) is 9.78. The highest BCUT2D eigenvalue weighted by Crippen LogP contribution is 2.28. The molecule has 1 aliphatic carbocycles. The maximum absolute atomic E-state index is 11.8. The Morgan fingerprint density at radius 1 is 0.882 bits per heavy atom. The first-order valence-corrected chi connectivity index (χ1v) is 5.19. The maximum atomic E-state index is 11.8. The van der Waals surface area contributed by atoms with Gasteiger partial charge in [0.05, 0.1) is 0 Å². The van der Waals surface area contributed by atoms with Gasteiger partial charge in [0.15, 0.2) is 11.6 Å². The number of phenols is 1. The van der Waals surface area contributed by atoms with Gasteiger partial charge in [-0.15, -0.1) is 0 Å². The minimum absolute atomic E-state index is 0.141. The number of phenolic OH excluding ortho intramolecular Hbond substituents is 1. The second-order valence-electron chi connectivity index (χ2n) is 3.96. The lowest BCUT2D eigenvalue weighted by Crippen LogP contribution is -2.11. The first-order valence-electron chi connectivity index (χ1n) is 5.19. The summed E-state index contributed by atoms with van der Waals surface area (Å²) in [6.45, 7) is 0. The van der Waals surface area contributed by atoms with Crippen molar-refractivity contribution in [3.05, 3.63) is 53.6 Å². The topological polar surface area (TPSA) is 54.4 Å². The largest absolute Gasteiger partial charge is 0.508 e. The lowest BCUT2D eigenvalue weighted by atomic mass is 9.90. The van der Waals surface area contributed by atoms with Crippen LogP contribution >= 0.6 is 0 Å². The summed E-state index contributed by atoms with van der Waals surface area (Å²) in [4.78, 5) is 23.5. The molecule has 17 heavy (non-hydrogen) atoms. The van der Waals surface area contributed by atoms with Crippen molar-refractivity contribution in [1.29, 1.82) is 0 Å². The van der Waals surface area contributed by atoms with E-state index in [2.05, 4.69) is 0 Å². The number of carbonyl (C=O) groups is 2. The van der Waals surface area contributed by atoms with E-state index in [0.717, 1.165) is 5.39 Å². The minimum atomic E-state index is -0.170. The van der Waals surface area contributed by atoms with Crippen molar-refractivity contribution in [3.63, 3.8) is 0 Å². The van der Waals surface area contributed by atoms with Crippen molar-refractivity contribution < 1.29 is 14.7 Å². The van der Waals surface area contributed by atoms with Crippen LogP contribution in [0.5, 0.6) is 5.75 Å². The Bertz CT molecular complexity index is 696. The van der Waals surface area contributed by atoms with Crippen molar-refractivity contribution in [1.82, 2.24) is 0 Å². The number of allylic oxidation sites excluding steroid dienone is 2. The molecule has 3 nitrogen and oxygen atoms in total. The Morgan fingerprint density at radius 3 is 2.47 bits per heavy atom. The van der Waals surface area contributed by atoms with Crippen molar-refractivity contribution >= 4 is 22.3 Å². The van der Waals surface area contributed by atoms with Gasteiger partial charge in [-0.3, -0.25) is 9.59 Å². The van der Waals surface area contributed by atoms with Gasteiger partial charge in [0, 0.05) is 11.1 Å². The fourth-order valence-corrected chi connectivity index (χ4v) is 2.11. The minimum Gasteiger partial charge on any atom is -0.508 e. The van der Waals surface area contributed by atoms with Crippen molar-refractivity contribution in [2.75, 3.05) is 0 Å². The zero-order chi connectivity index (χ0) is 12.0. The molecule has 0 atom stereocenters. The Balaban J connectivity index is 2.44. The number of fused-ring (bicyclic) bond motifs is 3. The molecule has 0 fully saturated rings. The maximum Gasteiger partial charge on any atom is 0.187 e. The average Bonchev–Trinajstić information content (AvgIpc) is 2.32. The Labute approximate surface area is 97.0 Å². The van der Waals surface area contributed by atoms with Crippen LogP contribution < -0.4 is 0 Å². The summed E-state index contributed by atoms with van der Waals surface area (Å²) < 4.78 is 0. The molecule has 82 valence electrons. The van der Waals surface area contributed by atoms with E-state index in [4.69, 9.17) is 0 Å². The Morgan fingerprint density at radius 2 is 1.65 bits per heavy atom. The monoisotopic (exact) mass is 224 g/mol. The average molecular weight is 224 g/mol. The third-order valence-corrected chi connectivity index (χ3v) is 2.90. The van der Waals surface area contributed by atoms with Gasteiger partial charge < -0.3 is 5.11 Å². The Hall–Kier alpha value is -2.42. The normalized spacial score (nSPS) is 14.1. The molecule has 0 saturated heterocycles. The van der Waals surface area contributed by atoms with Crippen LogP contribution in [0, 0.1) is 0 Å². The highest BCUT2D eigenvalue weighted by Gasteiger charge is 2.21. The third-order valence-electron chi connectivity index (χ3n) is 2.90. The van der Waals surface area contributed by atoms with Gasteiger partial charge in [0.2, 0.25) is 0 Å². The van der Waals surface area contributed by atoms with E-state index in [1.807, 2.05) is 0 Å². The summed E-state index contributed by atoms with van der Waals surface area (Å²) in [5.41, 5.74) is 0.852. The standard InChI is InChI=1S/C14H8O3/c15-9-2-4-10-8(7-9)1-3-11-12(16)5-6-13(17)14(10)11/h1-7,15H. The fourth-order valence-electron chi connectivity index (χ4n) is 2.11. The molecule has 3 heteroatoms. The number of hydrogen-bond acceptors (Lipinski definition) is 3. The second-order valence-corrected chi connectivity index (χ2v) is 3.96. The molecule has 1 N–H and O–H groups in total. The Kier molecular flexibility index (Phi) is 1.89. The number of carbonyl (C=O) groups excluding carboxylic acids is 2. The quantitative estimate of drug-likeness (QED) is 0.747. The predicted molar refractivity (Wildman–Crippen MR) is 63.4 cm³/mol. The van der Waals surface area contributed by atoms with Gasteiger partial charge in [-0.1, -0.05) is 6.07 Å². The molecule has 0 aromatic heterocycles. The van der Waals surface area contributed by atoms with Crippen LogP contribution in [0.4, 0.5) is 0 Å². The van der Waals surface area contributed by atoms with E-state index in [0.29, 0.717) is 16.5 Å². The number of benzene rings is 2. The molecule has 0 unspecified atom stereocenters. The number of ketones is 2. The third kappa shape index (κ3) is 1.36. The molecule has 1 aliphatic rings. The summed E-state index contributed by atoms with van der Waals surface area (Å²) in [6, 6.07) is 8.11. The van der Waals surface area contributed by atoms with E-state index in [1.54, 1.807) is 24.3 Å². The van der Waals surface area contributed by atoms with Crippen molar-refractivity contribution in [2.45, 2.75) is 0 Å². The molecule has 0 bridgehead atoms. The predicted octanol–water partition coefficient (Wildman–Crippen LogP) is 2.48. The van der Waals surface area contributed by atoms with E-state index in [1.165, 1.54) is 18.2 Å². The first-order chi connectivity index (χ1) is 8.16. The van der Waals surface area contributed by atoms with Gasteiger partial charge in [-0.25, -0.2) is 0 Å². The zero-order valence-electron chi connectivity index (χ0n) is 8.81. The molecule has 0 amide bonds. The number of aromatic hydroxyl groups is 1. The molecule has 0 radical (unpaired) electrons. The van der Waals surface area contributed by atoms with Crippen LogP contribution in [-0.4, -0.2) is 16.7 Å². The molecule has 0 heterocycles. The second kappa shape index (κ2) is 3.28. The SMILES string of the molecule is O=C1C=CC(=O)c2c1ccc1cc(O)ccc21. The summed E-state index contributed by atoms with van der Waals surface area (Å²) in [7, 11) is 0. The van der Waals surface area contributed by atoms with Crippen molar-refractivity contribution in [3.8, 4) is 5.75 Å². The molecular weight excluding hydrogens is 216 g/mol. The molecule has 0 spiro atoms. The van der Waals surface area contributed by atoms with Crippen LogP contribution in [-0.2, 0) is 0 Å². The van der Waals surface area contributed by atoms with Crippen molar-refractivity contribution in [2.24, 2.45) is 0 Å². The van der Waals surface area contributed by atoms with Crippen LogP contribution in [0.3, 0.4) is 0 Å². The van der Waals surface area contributed by atoms with E-state index >= 15 is 0 Å². The molecule has 0 saturated carbocycles. The van der Waals surface area contributed by atoms with Crippen LogP contribution in [0.25, 0.3) is 10.8 Å². The highest BCUT2D eigenvalue weighted by atomic mass is 16.3. The summed E-state index contributed by atoms with van der Waals surface area (Å²) in [5, 5.41) is 10.8. The van der Waals surface area contributed by atoms with Gasteiger partial charge in [-0.2, -0.15) is 0 Å². The number of rotatable bonds is 0. The van der Waals surface area contributed by atoms with Crippen LogP contribution in [0.15, 0.2) is 42.5 Å². The van der Waals surface area contributed by atoms with E-state index in [-0.39, 0.29) is 17.3 Å². The van der Waals surface area contributed by atoms with Gasteiger partial charge in [0.1, 0.15) is 5.75 Å². The highest BCUT2D eigenvalue weighted by molar-refractivity contribution is 6.26. The smallest absolute Gasteiger partial charge is 0.187 e. The molecule has 2 aromatic carbocycles. The fraction of sp³-hybridized carbons (Fsp3) is 0. The van der Waals surface area contributed by atoms with Gasteiger partial charge >= 0.3 is 0 Å². The van der Waals surface area contributed by atoms with Gasteiger partial charge in [-0.05, 0) is 47.2 Å². The van der Waals surface area contributed by atoms with Crippen LogP contribution in [0.1, 0.15) is 20.7 Å². The summed E-state index contributed by atoms with van der Waals surface area (Å²) >= 11 is 0. The molecule has 2 aromatic rings. The van der Waals surface area contributed by atoms with E-state index in [9.17, 15) is 14.7 Å².